The Morgan fingerprint density at radius 1 is 1.12 bits per heavy atom. The van der Waals surface area contributed by atoms with Gasteiger partial charge in [0.25, 0.3) is 0 Å². The first-order chi connectivity index (χ1) is 15.4. The van der Waals surface area contributed by atoms with Crippen LogP contribution in [0.3, 0.4) is 0 Å². The Morgan fingerprint density at radius 2 is 1.78 bits per heavy atom. The number of carbonyl (C=O) groups excluding carboxylic acids is 1. The molecule has 0 atom stereocenters. The number of hydrogen-bond acceptors (Lipinski definition) is 5. The Kier molecular flexibility index (Phi) is 12.2. The molecule has 0 aliphatic rings. The van der Waals surface area contributed by atoms with Crippen LogP contribution >= 0.6 is 11.6 Å². The van der Waals surface area contributed by atoms with Crippen LogP contribution < -0.4 is 10.5 Å². The highest BCUT2D eigenvalue weighted by atomic mass is 35.5. The van der Waals surface area contributed by atoms with E-state index >= 15 is 0 Å². The molecule has 0 aliphatic carbocycles. The number of aldehydes is 1. The minimum absolute atomic E-state index is 0.343. The smallest absolute Gasteiger partial charge is 0.149 e. The largest absolute Gasteiger partial charge is 0.495 e. The number of nitrogens with two attached hydrogens (primary N) is 1. The Morgan fingerprint density at radius 3 is 2.38 bits per heavy atom. The van der Waals surface area contributed by atoms with Gasteiger partial charge in [-0.05, 0) is 48.7 Å². The molecule has 174 valence electrons. The Hall–Kier alpha value is -2.76. The molecule has 0 saturated carbocycles. The van der Waals surface area contributed by atoms with E-state index in [2.05, 4.69) is 4.90 Å². The number of halogens is 1. The van der Waals surface area contributed by atoms with Crippen molar-refractivity contribution in [1.29, 1.82) is 0 Å². The fourth-order valence-electron chi connectivity index (χ4n) is 2.88. The lowest BCUT2D eigenvalue weighted by Gasteiger charge is -2.21. The van der Waals surface area contributed by atoms with Gasteiger partial charge in [-0.15, -0.1) is 0 Å². The summed E-state index contributed by atoms with van der Waals surface area (Å²) in [6.07, 6.45) is 2.68. The predicted molar refractivity (Wildman–Crippen MR) is 132 cm³/mol. The van der Waals surface area contributed by atoms with Crippen molar-refractivity contribution in [3.05, 3.63) is 87.3 Å². The first-order valence-corrected chi connectivity index (χ1v) is 11.0. The molecule has 2 aromatic rings. The van der Waals surface area contributed by atoms with Crippen molar-refractivity contribution in [3.63, 3.8) is 0 Å². The van der Waals surface area contributed by atoms with Crippen molar-refractivity contribution in [2.75, 3.05) is 14.2 Å². The van der Waals surface area contributed by atoms with Crippen molar-refractivity contribution in [1.82, 2.24) is 4.90 Å². The molecule has 2 N–H and O–H groups in total. The summed E-state index contributed by atoms with van der Waals surface area (Å²) < 4.78 is 11.3. The fraction of sp³-hybridized carbons (Fsp3) is 0.346. The van der Waals surface area contributed by atoms with Crippen LogP contribution in [0.2, 0.25) is 5.02 Å². The summed E-state index contributed by atoms with van der Waals surface area (Å²) in [5.74, 6) is 1.18. The van der Waals surface area contributed by atoms with Crippen LogP contribution in [0.5, 0.6) is 5.75 Å². The van der Waals surface area contributed by atoms with Crippen LogP contribution in [-0.2, 0) is 29.2 Å². The van der Waals surface area contributed by atoms with E-state index in [1.165, 1.54) is 0 Å². The topological polar surface area (TPSA) is 64.8 Å². The van der Waals surface area contributed by atoms with Gasteiger partial charge in [0.2, 0.25) is 0 Å². The molecule has 0 amide bonds. The van der Waals surface area contributed by atoms with Crippen LogP contribution in [0.1, 0.15) is 44.4 Å². The summed E-state index contributed by atoms with van der Waals surface area (Å²) in [7, 11) is 3.57. The SMILES string of the molecule is CC.COc1cc(CN(C)/C(C)=C\C(OCc2ccccc2CN)=C(\C)C=O)ccc1Cl. The van der Waals surface area contributed by atoms with E-state index < -0.39 is 0 Å². The Bertz CT molecular complexity index is 938. The fourth-order valence-corrected chi connectivity index (χ4v) is 3.08. The molecule has 2 rings (SSSR count). The minimum atomic E-state index is 0.343. The number of hydrogen-bond donors (Lipinski definition) is 1. The molecule has 0 radical (unpaired) electrons. The second-order valence-corrected chi connectivity index (χ2v) is 7.44. The lowest BCUT2D eigenvalue weighted by atomic mass is 10.1. The highest BCUT2D eigenvalue weighted by Gasteiger charge is 2.09. The van der Waals surface area contributed by atoms with E-state index in [9.17, 15) is 4.79 Å². The number of benzene rings is 2. The summed E-state index contributed by atoms with van der Waals surface area (Å²) >= 11 is 6.11. The number of methoxy groups -OCH3 is 1. The van der Waals surface area contributed by atoms with Gasteiger partial charge in [-0.1, -0.05) is 55.8 Å². The van der Waals surface area contributed by atoms with E-state index in [0.717, 1.165) is 28.7 Å². The second-order valence-electron chi connectivity index (χ2n) is 7.04. The van der Waals surface area contributed by atoms with Gasteiger partial charge in [0, 0.05) is 31.4 Å². The third-order valence-electron chi connectivity index (χ3n) is 4.86. The molecule has 0 heterocycles. The van der Waals surface area contributed by atoms with E-state index in [4.69, 9.17) is 26.8 Å². The molecule has 0 saturated heterocycles. The zero-order chi connectivity index (χ0) is 24.1. The van der Waals surface area contributed by atoms with Crippen molar-refractivity contribution in [2.24, 2.45) is 5.73 Å². The molecule has 0 fully saturated rings. The quantitative estimate of drug-likeness (QED) is 0.209. The summed E-state index contributed by atoms with van der Waals surface area (Å²) in [6, 6.07) is 13.5. The van der Waals surface area contributed by atoms with Crippen LogP contribution in [-0.4, -0.2) is 25.3 Å². The molecule has 0 aliphatic heterocycles. The number of carbonyl (C=O) groups is 1. The molecule has 0 bridgehead atoms. The molecular formula is C26H35ClN2O3. The van der Waals surface area contributed by atoms with Crippen molar-refractivity contribution in [2.45, 2.75) is 47.4 Å². The maximum Gasteiger partial charge on any atom is 0.149 e. The van der Waals surface area contributed by atoms with E-state index in [1.807, 2.05) is 76.4 Å². The van der Waals surface area contributed by atoms with E-state index in [0.29, 0.717) is 41.8 Å². The Labute approximate surface area is 197 Å². The number of ether oxygens (including phenoxy) is 2. The lowest BCUT2D eigenvalue weighted by molar-refractivity contribution is -0.105. The average Bonchev–Trinajstić information content (AvgIpc) is 2.83. The van der Waals surface area contributed by atoms with Crippen molar-refractivity contribution in [3.8, 4) is 5.75 Å². The molecule has 5 nitrogen and oxygen atoms in total. The maximum absolute atomic E-state index is 11.4. The van der Waals surface area contributed by atoms with Crippen molar-refractivity contribution >= 4 is 17.9 Å². The monoisotopic (exact) mass is 458 g/mol. The highest BCUT2D eigenvalue weighted by Crippen LogP contribution is 2.26. The first-order valence-electron chi connectivity index (χ1n) is 10.7. The molecule has 0 aromatic heterocycles. The molecule has 0 unspecified atom stereocenters. The van der Waals surface area contributed by atoms with Gasteiger partial charge in [-0.2, -0.15) is 0 Å². The van der Waals surface area contributed by atoms with Gasteiger partial charge in [0.1, 0.15) is 24.4 Å². The van der Waals surface area contributed by atoms with Crippen LogP contribution in [0.4, 0.5) is 0 Å². The molecule has 6 heteroatoms. The zero-order valence-corrected chi connectivity index (χ0v) is 20.7. The number of nitrogens with zero attached hydrogens (tertiary/aromatic N) is 1. The van der Waals surface area contributed by atoms with Gasteiger partial charge in [0.15, 0.2) is 0 Å². The summed E-state index contributed by atoms with van der Waals surface area (Å²) in [6.45, 7) is 9.15. The second kappa shape index (κ2) is 14.3. The van der Waals surface area contributed by atoms with Crippen LogP contribution in [0, 0.1) is 0 Å². The van der Waals surface area contributed by atoms with Gasteiger partial charge in [-0.25, -0.2) is 0 Å². The summed E-state index contributed by atoms with van der Waals surface area (Å²) in [5.41, 5.74) is 10.4. The van der Waals surface area contributed by atoms with Gasteiger partial charge in [0.05, 0.1) is 12.1 Å². The predicted octanol–water partition coefficient (Wildman–Crippen LogP) is 5.86. The first kappa shape index (κ1) is 27.3. The standard InChI is InChI=1S/C24H29ClN2O3.C2H6/c1-17(15-28)23(30-16-21-8-6-5-7-20(21)13-26)11-18(2)27(3)14-19-9-10-22(25)24(12-19)29-4;1-2/h5-12,15H,13-14,16,26H2,1-4H3;1-2H3/b18-11-,23-17+;. The van der Waals surface area contributed by atoms with Gasteiger partial charge in [-0.3, -0.25) is 4.79 Å². The summed E-state index contributed by atoms with van der Waals surface area (Å²) in [4.78, 5) is 13.5. The third kappa shape index (κ3) is 8.06. The highest BCUT2D eigenvalue weighted by molar-refractivity contribution is 6.32. The average molecular weight is 459 g/mol. The van der Waals surface area contributed by atoms with Crippen LogP contribution in [0.15, 0.2) is 65.6 Å². The van der Waals surface area contributed by atoms with Gasteiger partial charge >= 0.3 is 0 Å². The molecular weight excluding hydrogens is 424 g/mol. The number of rotatable bonds is 10. The number of allylic oxidation sites excluding steroid dienone is 3. The van der Waals surface area contributed by atoms with Crippen LogP contribution in [0.25, 0.3) is 0 Å². The maximum atomic E-state index is 11.4. The van der Waals surface area contributed by atoms with E-state index in [1.54, 1.807) is 14.0 Å². The molecule has 32 heavy (non-hydrogen) atoms. The zero-order valence-electron chi connectivity index (χ0n) is 19.9. The molecule has 0 spiro atoms. The Balaban J connectivity index is 0.00000249. The minimum Gasteiger partial charge on any atom is -0.495 e. The summed E-state index contributed by atoms with van der Waals surface area (Å²) in [5, 5.41) is 0.578. The molecule has 2 aromatic carbocycles. The van der Waals surface area contributed by atoms with Crippen molar-refractivity contribution < 1.29 is 14.3 Å². The van der Waals surface area contributed by atoms with E-state index in [-0.39, 0.29) is 0 Å². The van der Waals surface area contributed by atoms with Gasteiger partial charge < -0.3 is 20.1 Å². The lowest BCUT2D eigenvalue weighted by Crippen LogP contribution is -2.16. The normalized spacial score (nSPS) is 11.7. The third-order valence-corrected chi connectivity index (χ3v) is 5.18.